The lowest BCUT2D eigenvalue weighted by atomic mass is 10.2. The molecule has 0 radical (unpaired) electrons. The largest absolute Gasteiger partial charge is 0.445 e. The molecule has 0 aromatic heterocycles. The molecular weight excluding hydrogens is 222 g/mol. The zero-order valence-electron chi connectivity index (χ0n) is 9.43. The first kappa shape index (κ1) is 11.9. The highest BCUT2D eigenvalue weighted by molar-refractivity contribution is 5.67. The second kappa shape index (κ2) is 6.22. The van der Waals surface area contributed by atoms with Gasteiger partial charge in [-0.25, -0.2) is 4.79 Å². The van der Waals surface area contributed by atoms with Crippen LogP contribution >= 0.6 is 0 Å². The summed E-state index contributed by atoms with van der Waals surface area (Å²) in [5.41, 5.74) is 0.957. The number of alkyl carbamates (subject to hydrolysis) is 1. The summed E-state index contributed by atoms with van der Waals surface area (Å²) in [6, 6.07) is 9.39. The average molecular weight is 237 g/mol. The molecule has 0 aliphatic carbocycles. The molecule has 0 unspecified atom stereocenters. The molecule has 0 atom stereocenters. The highest BCUT2D eigenvalue weighted by Gasteiger charge is 2.17. The predicted molar refractivity (Wildman–Crippen MR) is 60.3 cm³/mol. The Bertz CT molecular complexity index is 349. The number of benzene rings is 1. The Kier molecular flexibility index (Phi) is 4.35. The number of hydrogen-bond acceptors (Lipinski definition) is 4. The monoisotopic (exact) mass is 237 g/mol. The fraction of sp³-hybridized carbons (Fsp3) is 0.417. The molecule has 1 heterocycles. The molecule has 0 saturated carbocycles. The normalized spacial score (nSPS) is 16.5. The van der Waals surface area contributed by atoms with E-state index in [1.54, 1.807) is 0 Å². The number of rotatable bonds is 3. The number of ether oxygens (including phenoxy) is 3. The maximum absolute atomic E-state index is 11.4. The van der Waals surface area contributed by atoms with E-state index >= 15 is 0 Å². The molecule has 5 heteroatoms. The molecule has 5 nitrogen and oxygen atoms in total. The highest BCUT2D eigenvalue weighted by Crippen LogP contribution is 2.02. The van der Waals surface area contributed by atoms with Crippen LogP contribution < -0.4 is 5.32 Å². The fourth-order valence-electron chi connectivity index (χ4n) is 1.50. The SMILES string of the molecule is O=C(NC1COCOC1)OCc1ccccc1. The maximum atomic E-state index is 11.4. The van der Waals surface area contributed by atoms with Crippen LogP contribution in [0, 0.1) is 0 Å². The lowest BCUT2D eigenvalue weighted by Crippen LogP contribution is -2.44. The number of carbonyl (C=O) groups is 1. The lowest BCUT2D eigenvalue weighted by Gasteiger charge is -2.22. The molecule has 1 aromatic rings. The van der Waals surface area contributed by atoms with Gasteiger partial charge in [-0.3, -0.25) is 0 Å². The topological polar surface area (TPSA) is 56.8 Å². The Morgan fingerprint density at radius 2 is 2.00 bits per heavy atom. The summed E-state index contributed by atoms with van der Waals surface area (Å²) < 4.78 is 15.2. The van der Waals surface area contributed by atoms with Crippen LogP contribution in [0.5, 0.6) is 0 Å². The van der Waals surface area contributed by atoms with Gasteiger partial charge in [0.15, 0.2) is 0 Å². The van der Waals surface area contributed by atoms with E-state index in [9.17, 15) is 4.79 Å². The van der Waals surface area contributed by atoms with Gasteiger partial charge in [0.25, 0.3) is 0 Å². The zero-order valence-corrected chi connectivity index (χ0v) is 9.43. The maximum Gasteiger partial charge on any atom is 0.407 e. The van der Waals surface area contributed by atoms with Crippen molar-refractivity contribution >= 4 is 6.09 Å². The summed E-state index contributed by atoms with van der Waals surface area (Å²) in [5.74, 6) is 0. The Balaban J connectivity index is 1.70. The minimum atomic E-state index is -0.451. The van der Waals surface area contributed by atoms with Gasteiger partial charge in [0.1, 0.15) is 13.4 Å². The van der Waals surface area contributed by atoms with Gasteiger partial charge in [0.2, 0.25) is 0 Å². The lowest BCUT2D eigenvalue weighted by molar-refractivity contribution is -0.111. The summed E-state index contributed by atoms with van der Waals surface area (Å²) in [6.45, 7) is 1.47. The summed E-state index contributed by atoms with van der Waals surface area (Å²) in [7, 11) is 0. The van der Waals surface area contributed by atoms with E-state index in [1.807, 2.05) is 30.3 Å². The molecule has 0 spiro atoms. The summed E-state index contributed by atoms with van der Waals surface area (Å²) in [5, 5.41) is 2.68. The number of nitrogens with one attached hydrogen (secondary N) is 1. The van der Waals surface area contributed by atoms with Gasteiger partial charge >= 0.3 is 6.09 Å². The van der Waals surface area contributed by atoms with E-state index in [2.05, 4.69) is 5.32 Å². The van der Waals surface area contributed by atoms with Crippen molar-refractivity contribution in [2.45, 2.75) is 12.6 Å². The predicted octanol–water partition coefficient (Wildman–Crippen LogP) is 1.29. The number of carbonyl (C=O) groups excluding carboxylic acids is 1. The molecule has 1 saturated heterocycles. The highest BCUT2D eigenvalue weighted by atomic mass is 16.7. The molecule has 1 aliphatic heterocycles. The average Bonchev–Trinajstić information content (AvgIpc) is 2.39. The van der Waals surface area contributed by atoms with E-state index in [-0.39, 0.29) is 19.4 Å². The van der Waals surface area contributed by atoms with Crippen molar-refractivity contribution in [3.05, 3.63) is 35.9 Å². The first-order chi connectivity index (χ1) is 8.34. The Morgan fingerprint density at radius 1 is 1.29 bits per heavy atom. The van der Waals surface area contributed by atoms with Crippen LogP contribution in [-0.2, 0) is 20.8 Å². The van der Waals surface area contributed by atoms with Crippen LogP contribution in [0.15, 0.2) is 30.3 Å². The second-order valence-electron chi connectivity index (χ2n) is 3.76. The van der Waals surface area contributed by atoms with Crippen LogP contribution in [0.3, 0.4) is 0 Å². The Labute approximate surface area is 99.7 Å². The summed E-state index contributed by atoms with van der Waals surface area (Å²) in [6.07, 6.45) is -0.451. The zero-order chi connectivity index (χ0) is 11.9. The molecule has 1 aliphatic rings. The second-order valence-corrected chi connectivity index (χ2v) is 3.76. The van der Waals surface area contributed by atoms with Crippen molar-refractivity contribution in [2.24, 2.45) is 0 Å². The van der Waals surface area contributed by atoms with Gasteiger partial charge in [0.05, 0.1) is 19.3 Å². The molecule has 1 aromatic carbocycles. The third kappa shape index (κ3) is 4.05. The van der Waals surface area contributed by atoms with Gasteiger partial charge in [0, 0.05) is 0 Å². The van der Waals surface area contributed by atoms with E-state index in [4.69, 9.17) is 14.2 Å². The molecule has 2 rings (SSSR count). The van der Waals surface area contributed by atoms with Gasteiger partial charge in [-0.15, -0.1) is 0 Å². The van der Waals surface area contributed by atoms with Gasteiger partial charge in [-0.1, -0.05) is 30.3 Å². The molecule has 1 amide bonds. The third-order valence-corrected chi connectivity index (χ3v) is 2.34. The van der Waals surface area contributed by atoms with E-state index in [0.29, 0.717) is 13.2 Å². The smallest absolute Gasteiger partial charge is 0.407 e. The van der Waals surface area contributed by atoms with Crippen molar-refractivity contribution in [3.63, 3.8) is 0 Å². The first-order valence-corrected chi connectivity index (χ1v) is 5.47. The minimum absolute atomic E-state index is 0.132. The van der Waals surface area contributed by atoms with Crippen LogP contribution in [0.25, 0.3) is 0 Å². The van der Waals surface area contributed by atoms with E-state index in [0.717, 1.165) is 5.56 Å². The molecule has 17 heavy (non-hydrogen) atoms. The standard InChI is InChI=1S/C12H15NO4/c14-12(13-11-7-15-9-16-8-11)17-6-10-4-2-1-3-5-10/h1-5,11H,6-9H2,(H,13,14). The van der Waals surface area contributed by atoms with Gasteiger partial charge in [-0.2, -0.15) is 0 Å². The molecule has 1 N–H and O–H groups in total. The third-order valence-electron chi connectivity index (χ3n) is 2.34. The molecule has 1 fully saturated rings. The quantitative estimate of drug-likeness (QED) is 0.860. The molecular formula is C12H15NO4. The van der Waals surface area contributed by atoms with Crippen LogP contribution in [0.2, 0.25) is 0 Å². The Hall–Kier alpha value is -1.59. The van der Waals surface area contributed by atoms with Gasteiger partial charge < -0.3 is 19.5 Å². The minimum Gasteiger partial charge on any atom is -0.445 e. The van der Waals surface area contributed by atoms with Crippen LogP contribution in [0.4, 0.5) is 4.79 Å². The van der Waals surface area contributed by atoms with Crippen molar-refractivity contribution in [2.75, 3.05) is 20.0 Å². The van der Waals surface area contributed by atoms with Gasteiger partial charge in [-0.05, 0) is 5.56 Å². The number of hydrogen-bond donors (Lipinski definition) is 1. The summed E-state index contributed by atoms with van der Waals surface area (Å²) in [4.78, 5) is 11.4. The number of amides is 1. The van der Waals surface area contributed by atoms with Crippen LogP contribution in [-0.4, -0.2) is 32.1 Å². The molecule has 92 valence electrons. The first-order valence-electron chi connectivity index (χ1n) is 5.47. The summed E-state index contributed by atoms with van der Waals surface area (Å²) >= 11 is 0. The van der Waals surface area contributed by atoms with Crippen molar-refractivity contribution in [1.29, 1.82) is 0 Å². The Morgan fingerprint density at radius 3 is 2.71 bits per heavy atom. The van der Waals surface area contributed by atoms with E-state index < -0.39 is 6.09 Å². The van der Waals surface area contributed by atoms with Crippen molar-refractivity contribution in [1.82, 2.24) is 5.32 Å². The van der Waals surface area contributed by atoms with Crippen LogP contribution in [0.1, 0.15) is 5.56 Å². The van der Waals surface area contributed by atoms with E-state index in [1.165, 1.54) is 0 Å². The fourth-order valence-corrected chi connectivity index (χ4v) is 1.50. The molecule has 0 bridgehead atoms. The van der Waals surface area contributed by atoms with Crippen molar-refractivity contribution < 1.29 is 19.0 Å². The van der Waals surface area contributed by atoms with Crippen molar-refractivity contribution in [3.8, 4) is 0 Å².